The van der Waals surface area contributed by atoms with Gasteiger partial charge in [0.25, 0.3) is 5.91 Å². The highest BCUT2D eigenvalue weighted by atomic mass is 16.1. The van der Waals surface area contributed by atoms with E-state index in [1.54, 1.807) is 30.7 Å². The first kappa shape index (κ1) is 18.1. The number of nitrogens with zero attached hydrogens (tertiary/aromatic N) is 3. The molecule has 1 fully saturated rings. The zero-order chi connectivity index (χ0) is 19.5. The summed E-state index contributed by atoms with van der Waals surface area (Å²) in [6.07, 6.45) is 9.42. The maximum absolute atomic E-state index is 11.9. The molecule has 4 rings (SSSR count). The standard InChI is InChI=1S/C20H23N7O/c21-15-3-1-2-4-17(15)26-18-6-5-14(19(22)28)20(27-18)25-13-9-12-10-23-8-7-16(12)24-11-13/h5-11,15,17H,1-4,21H2,(H2,22,28)(H2,25,26,27)/t15-,17+/m0/s1. The number of carbonyl (C=O) groups is 1. The molecule has 0 aromatic carbocycles. The molecule has 8 heteroatoms. The van der Waals surface area contributed by atoms with Crippen molar-refractivity contribution < 1.29 is 4.79 Å². The monoisotopic (exact) mass is 377 g/mol. The molecule has 1 aliphatic rings. The number of hydrogen-bond donors (Lipinski definition) is 4. The highest BCUT2D eigenvalue weighted by molar-refractivity contribution is 5.98. The number of amides is 1. The third-order valence-corrected chi connectivity index (χ3v) is 5.06. The molecule has 3 aromatic heterocycles. The van der Waals surface area contributed by atoms with Crippen molar-refractivity contribution in [2.24, 2.45) is 11.5 Å². The van der Waals surface area contributed by atoms with Crippen LogP contribution in [0.1, 0.15) is 36.0 Å². The van der Waals surface area contributed by atoms with Crippen LogP contribution in [0.4, 0.5) is 17.3 Å². The van der Waals surface area contributed by atoms with Gasteiger partial charge in [0, 0.05) is 29.9 Å². The summed E-state index contributed by atoms with van der Waals surface area (Å²) in [5.74, 6) is 0.489. The predicted molar refractivity (Wildman–Crippen MR) is 109 cm³/mol. The quantitative estimate of drug-likeness (QED) is 0.537. The lowest BCUT2D eigenvalue weighted by molar-refractivity contribution is 0.100. The Labute approximate surface area is 162 Å². The minimum absolute atomic E-state index is 0.0972. The zero-order valence-corrected chi connectivity index (χ0v) is 15.4. The summed E-state index contributed by atoms with van der Waals surface area (Å²) in [6, 6.07) is 7.43. The van der Waals surface area contributed by atoms with Crippen LogP contribution >= 0.6 is 0 Å². The third-order valence-electron chi connectivity index (χ3n) is 5.06. The van der Waals surface area contributed by atoms with Crippen LogP contribution in [0.5, 0.6) is 0 Å². The minimum atomic E-state index is -0.550. The lowest BCUT2D eigenvalue weighted by Crippen LogP contribution is -2.42. The Kier molecular flexibility index (Phi) is 5.03. The van der Waals surface area contributed by atoms with Crippen molar-refractivity contribution in [3.63, 3.8) is 0 Å². The van der Waals surface area contributed by atoms with Gasteiger partial charge in [0.05, 0.1) is 23.0 Å². The Balaban J connectivity index is 1.62. The molecule has 0 aliphatic heterocycles. The first-order valence-electron chi connectivity index (χ1n) is 9.40. The molecule has 3 aromatic rings. The van der Waals surface area contributed by atoms with E-state index in [9.17, 15) is 4.79 Å². The van der Waals surface area contributed by atoms with Gasteiger partial charge in [0.15, 0.2) is 0 Å². The Morgan fingerprint density at radius 1 is 1.14 bits per heavy atom. The van der Waals surface area contributed by atoms with Gasteiger partial charge in [0.1, 0.15) is 11.6 Å². The van der Waals surface area contributed by atoms with Crippen molar-refractivity contribution in [3.05, 3.63) is 48.4 Å². The molecule has 6 N–H and O–H groups in total. The lowest BCUT2D eigenvalue weighted by atomic mass is 9.91. The number of rotatable bonds is 5. The number of pyridine rings is 3. The van der Waals surface area contributed by atoms with E-state index < -0.39 is 5.91 Å². The largest absolute Gasteiger partial charge is 0.366 e. The fourth-order valence-electron chi connectivity index (χ4n) is 3.54. The normalized spacial score (nSPS) is 19.3. The maximum atomic E-state index is 11.9. The topological polar surface area (TPSA) is 132 Å². The molecular formula is C20H23N7O. The molecule has 144 valence electrons. The summed E-state index contributed by atoms with van der Waals surface area (Å²) >= 11 is 0. The van der Waals surface area contributed by atoms with E-state index >= 15 is 0 Å². The van der Waals surface area contributed by atoms with E-state index in [0.29, 0.717) is 22.9 Å². The summed E-state index contributed by atoms with van der Waals surface area (Å²) in [6.45, 7) is 0. The van der Waals surface area contributed by atoms with Gasteiger partial charge in [-0.05, 0) is 37.1 Å². The molecule has 0 unspecified atom stereocenters. The number of carbonyl (C=O) groups excluding carboxylic acids is 1. The number of nitrogens with one attached hydrogen (secondary N) is 2. The fraction of sp³-hybridized carbons (Fsp3) is 0.300. The second-order valence-corrected chi connectivity index (χ2v) is 7.07. The van der Waals surface area contributed by atoms with E-state index in [0.717, 1.165) is 36.6 Å². The number of anilines is 3. The predicted octanol–water partition coefficient (Wildman–Crippen LogP) is 2.55. The van der Waals surface area contributed by atoms with Gasteiger partial charge in [-0.1, -0.05) is 12.8 Å². The molecule has 1 amide bonds. The van der Waals surface area contributed by atoms with Crippen molar-refractivity contribution in [3.8, 4) is 0 Å². The van der Waals surface area contributed by atoms with Crippen LogP contribution < -0.4 is 22.1 Å². The summed E-state index contributed by atoms with van der Waals surface area (Å²) in [7, 11) is 0. The van der Waals surface area contributed by atoms with Gasteiger partial charge in [-0.25, -0.2) is 4.98 Å². The van der Waals surface area contributed by atoms with Gasteiger partial charge in [0.2, 0.25) is 0 Å². The lowest BCUT2D eigenvalue weighted by Gasteiger charge is -2.29. The number of fused-ring (bicyclic) bond motifs is 1. The van der Waals surface area contributed by atoms with Gasteiger partial charge >= 0.3 is 0 Å². The molecule has 3 heterocycles. The third kappa shape index (κ3) is 3.86. The van der Waals surface area contributed by atoms with E-state index in [4.69, 9.17) is 11.5 Å². The first-order valence-corrected chi connectivity index (χ1v) is 9.40. The van der Waals surface area contributed by atoms with Crippen LogP contribution in [-0.4, -0.2) is 32.9 Å². The molecule has 0 bridgehead atoms. The molecule has 0 radical (unpaired) electrons. The number of aromatic nitrogens is 3. The summed E-state index contributed by atoms with van der Waals surface area (Å²) in [4.78, 5) is 24.9. The van der Waals surface area contributed by atoms with Gasteiger partial charge in [-0.15, -0.1) is 0 Å². The molecule has 1 aliphatic carbocycles. The Morgan fingerprint density at radius 2 is 2.00 bits per heavy atom. The van der Waals surface area contributed by atoms with Crippen molar-refractivity contribution in [1.29, 1.82) is 0 Å². The zero-order valence-electron chi connectivity index (χ0n) is 15.4. The van der Waals surface area contributed by atoms with Crippen molar-refractivity contribution in [2.75, 3.05) is 10.6 Å². The summed E-state index contributed by atoms with van der Waals surface area (Å²) < 4.78 is 0. The van der Waals surface area contributed by atoms with E-state index in [1.165, 1.54) is 0 Å². The highest BCUT2D eigenvalue weighted by Gasteiger charge is 2.22. The minimum Gasteiger partial charge on any atom is -0.366 e. The van der Waals surface area contributed by atoms with Crippen LogP contribution in [0, 0.1) is 0 Å². The van der Waals surface area contributed by atoms with Crippen LogP contribution in [0.3, 0.4) is 0 Å². The average molecular weight is 377 g/mol. The highest BCUT2D eigenvalue weighted by Crippen LogP contribution is 2.25. The summed E-state index contributed by atoms with van der Waals surface area (Å²) in [5.41, 5.74) is 13.6. The molecule has 2 atom stereocenters. The summed E-state index contributed by atoms with van der Waals surface area (Å²) in [5, 5.41) is 7.44. The number of nitrogens with two attached hydrogens (primary N) is 2. The van der Waals surface area contributed by atoms with E-state index in [1.807, 2.05) is 12.1 Å². The van der Waals surface area contributed by atoms with Crippen molar-refractivity contribution >= 4 is 34.1 Å². The molecule has 0 saturated heterocycles. The molecule has 0 spiro atoms. The second kappa shape index (κ2) is 7.77. The smallest absolute Gasteiger partial charge is 0.252 e. The molecule has 28 heavy (non-hydrogen) atoms. The van der Waals surface area contributed by atoms with Crippen LogP contribution in [-0.2, 0) is 0 Å². The average Bonchev–Trinajstić information content (AvgIpc) is 2.70. The number of hydrogen-bond acceptors (Lipinski definition) is 7. The van der Waals surface area contributed by atoms with Gasteiger partial charge in [-0.2, -0.15) is 0 Å². The van der Waals surface area contributed by atoms with Crippen LogP contribution in [0.25, 0.3) is 10.9 Å². The molecular weight excluding hydrogens is 354 g/mol. The van der Waals surface area contributed by atoms with E-state index in [2.05, 4.69) is 25.6 Å². The van der Waals surface area contributed by atoms with E-state index in [-0.39, 0.29) is 12.1 Å². The molecule has 8 nitrogen and oxygen atoms in total. The maximum Gasteiger partial charge on any atom is 0.252 e. The van der Waals surface area contributed by atoms with Crippen molar-refractivity contribution in [1.82, 2.24) is 15.0 Å². The van der Waals surface area contributed by atoms with Crippen molar-refractivity contribution in [2.45, 2.75) is 37.8 Å². The van der Waals surface area contributed by atoms with Gasteiger partial charge < -0.3 is 22.1 Å². The Bertz CT molecular complexity index is 1010. The van der Waals surface area contributed by atoms with Gasteiger partial charge in [-0.3, -0.25) is 14.8 Å². The van der Waals surface area contributed by atoms with Crippen LogP contribution in [0.2, 0.25) is 0 Å². The second-order valence-electron chi connectivity index (χ2n) is 7.07. The number of primary amides is 1. The molecule has 1 saturated carbocycles. The Hall–Kier alpha value is -3.26. The first-order chi connectivity index (χ1) is 13.6. The fourth-order valence-corrected chi connectivity index (χ4v) is 3.54. The Morgan fingerprint density at radius 3 is 2.82 bits per heavy atom. The SMILES string of the molecule is NC(=O)c1ccc(N[C@@H]2CCCC[C@@H]2N)nc1Nc1cnc2ccncc2c1. The van der Waals surface area contributed by atoms with Crippen LogP contribution in [0.15, 0.2) is 42.9 Å².